The van der Waals surface area contributed by atoms with Gasteiger partial charge in [-0.25, -0.2) is 9.78 Å². The minimum atomic E-state index is -0.850. The summed E-state index contributed by atoms with van der Waals surface area (Å²) in [6.45, 7) is 6.60. The van der Waals surface area contributed by atoms with Gasteiger partial charge in [-0.1, -0.05) is 25.4 Å². The lowest BCUT2D eigenvalue weighted by Crippen LogP contribution is -2.57. The molecule has 0 spiro atoms. The van der Waals surface area contributed by atoms with E-state index in [1.807, 2.05) is 31.7 Å². The first kappa shape index (κ1) is 31.1. The van der Waals surface area contributed by atoms with Gasteiger partial charge in [0.15, 0.2) is 17.2 Å². The maximum absolute atomic E-state index is 12.8. The van der Waals surface area contributed by atoms with Crippen LogP contribution in [0.4, 0.5) is 27.9 Å². The molecule has 226 valence electrons. The van der Waals surface area contributed by atoms with E-state index in [-0.39, 0.29) is 29.1 Å². The molecule has 1 amide bonds. The van der Waals surface area contributed by atoms with E-state index in [4.69, 9.17) is 26.8 Å². The Morgan fingerprint density at radius 3 is 2.70 bits per heavy atom. The lowest BCUT2D eigenvalue weighted by molar-refractivity contribution is -0.153. The van der Waals surface area contributed by atoms with Crippen molar-refractivity contribution in [2.24, 2.45) is 11.7 Å². The Bertz CT molecular complexity index is 1600. The fraction of sp³-hybridized carbons (Fsp3) is 0.444. The highest BCUT2D eigenvalue weighted by molar-refractivity contribution is 6.36. The van der Waals surface area contributed by atoms with Gasteiger partial charge in [0.1, 0.15) is 18.2 Å². The Morgan fingerprint density at radius 2 is 2.05 bits per heavy atom. The van der Waals surface area contributed by atoms with E-state index < -0.39 is 30.3 Å². The first-order valence-corrected chi connectivity index (χ1v) is 13.9. The zero-order valence-corrected chi connectivity index (χ0v) is 24.8. The molecule has 1 aliphatic heterocycles. The van der Waals surface area contributed by atoms with E-state index >= 15 is 0 Å². The van der Waals surface area contributed by atoms with Gasteiger partial charge in [0, 0.05) is 13.1 Å². The highest BCUT2D eigenvalue weighted by Crippen LogP contribution is 2.37. The van der Waals surface area contributed by atoms with E-state index in [9.17, 15) is 20.1 Å². The summed E-state index contributed by atoms with van der Waals surface area (Å²) in [4.78, 5) is 35.4. The number of anilines is 4. The Balaban J connectivity index is 1.68. The van der Waals surface area contributed by atoms with Gasteiger partial charge < -0.3 is 36.1 Å². The average Bonchev–Trinajstić information content (AvgIpc) is 3.41. The molecule has 0 aliphatic carbocycles. The molecule has 1 fully saturated rings. The number of methoxy groups -OCH3 is 1. The first-order valence-electron chi connectivity index (χ1n) is 13.6. The average molecular weight is 610 g/mol. The molecule has 1 aliphatic rings. The van der Waals surface area contributed by atoms with Gasteiger partial charge in [0.25, 0.3) is 0 Å². The van der Waals surface area contributed by atoms with Crippen LogP contribution in [0.3, 0.4) is 0 Å². The number of benzene rings is 1. The molecule has 5 N–H and O–H groups in total. The molecule has 0 bridgehead atoms. The van der Waals surface area contributed by atoms with Crippen LogP contribution in [0.2, 0.25) is 5.02 Å². The van der Waals surface area contributed by atoms with E-state index in [0.717, 1.165) is 0 Å². The Hall–Kier alpha value is -4.86. The Kier molecular flexibility index (Phi) is 9.70. The van der Waals surface area contributed by atoms with Crippen molar-refractivity contribution >= 4 is 52.5 Å². The Labute approximate surface area is 252 Å². The smallest absolute Gasteiger partial charge is 0.407 e. The molecular weight excluding hydrogens is 578 g/mol. The molecule has 1 aromatic carbocycles. The van der Waals surface area contributed by atoms with Crippen LogP contribution >= 0.6 is 11.6 Å². The number of nitrogens with two attached hydrogens (primary N) is 1. The second-order valence-corrected chi connectivity index (χ2v) is 10.5. The molecule has 43 heavy (non-hydrogen) atoms. The normalized spacial score (nSPS) is 17.1. The summed E-state index contributed by atoms with van der Waals surface area (Å²) in [7, 11) is 1.25. The number of carbonyl (C=O) groups excluding carboxylic acids is 2. The number of halogens is 1. The fourth-order valence-corrected chi connectivity index (χ4v) is 4.82. The van der Waals surface area contributed by atoms with E-state index in [0.29, 0.717) is 47.9 Å². The number of alkyl carbamates (subject to hydrolysis) is 1. The SMILES string of the molecule is CCNc1nc(Nc2cc(C#N)cc(N3CC[C@@H](NC(=O)OC)[C@H](OC(=O)C(N)C(C)C)C3)c2Cl)nn2c(C#N)cnc12. The third-order valence-corrected chi connectivity index (χ3v) is 7.29. The van der Waals surface area contributed by atoms with Gasteiger partial charge in [-0.2, -0.15) is 20.0 Å². The summed E-state index contributed by atoms with van der Waals surface area (Å²) in [5.74, 6) is -0.247. The quantitative estimate of drug-likeness (QED) is 0.257. The van der Waals surface area contributed by atoms with Crippen LogP contribution in [0.1, 0.15) is 38.4 Å². The van der Waals surface area contributed by atoms with Crippen LogP contribution in [0.25, 0.3) is 5.65 Å². The predicted octanol–water partition coefficient (Wildman–Crippen LogP) is 2.53. The van der Waals surface area contributed by atoms with Crippen LogP contribution in [-0.4, -0.2) is 76.6 Å². The number of esters is 1. The molecule has 15 nitrogen and oxygen atoms in total. The summed E-state index contributed by atoms with van der Waals surface area (Å²) in [6.07, 6.45) is 0.326. The second-order valence-electron chi connectivity index (χ2n) is 10.1. The zero-order chi connectivity index (χ0) is 31.3. The van der Waals surface area contributed by atoms with E-state index in [1.54, 1.807) is 12.1 Å². The van der Waals surface area contributed by atoms with Crippen molar-refractivity contribution in [1.29, 1.82) is 10.5 Å². The largest absolute Gasteiger partial charge is 0.457 e. The summed E-state index contributed by atoms with van der Waals surface area (Å²) in [5, 5.41) is 32.9. The lowest BCUT2D eigenvalue weighted by Gasteiger charge is -2.40. The summed E-state index contributed by atoms with van der Waals surface area (Å²) >= 11 is 6.89. The van der Waals surface area contributed by atoms with Crippen molar-refractivity contribution in [2.75, 3.05) is 42.3 Å². The third kappa shape index (κ3) is 6.80. The molecule has 16 heteroatoms. The third-order valence-electron chi connectivity index (χ3n) is 6.90. The minimum Gasteiger partial charge on any atom is -0.457 e. The van der Waals surface area contributed by atoms with E-state index in [1.165, 1.54) is 17.8 Å². The maximum Gasteiger partial charge on any atom is 0.407 e. The molecule has 1 unspecified atom stereocenters. The highest BCUT2D eigenvalue weighted by atomic mass is 35.5. The molecule has 2 aromatic heterocycles. The van der Waals surface area contributed by atoms with Crippen molar-refractivity contribution in [3.05, 3.63) is 34.6 Å². The molecular formula is C27H32ClN11O4. The molecule has 3 heterocycles. The van der Waals surface area contributed by atoms with Crippen LogP contribution in [0, 0.1) is 28.6 Å². The van der Waals surface area contributed by atoms with Crippen molar-refractivity contribution < 1.29 is 19.1 Å². The van der Waals surface area contributed by atoms with Crippen LogP contribution in [-0.2, 0) is 14.3 Å². The summed E-state index contributed by atoms with van der Waals surface area (Å²) < 4.78 is 11.9. The van der Waals surface area contributed by atoms with Crippen LogP contribution in [0.15, 0.2) is 18.3 Å². The van der Waals surface area contributed by atoms with Crippen LogP contribution in [0.5, 0.6) is 0 Å². The van der Waals surface area contributed by atoms with Gasteiger partial charge in [-0.3, -0.25) is 4.79 Å². The topological polar surface area (TPSA) is 209 Å². The molecule has 1 saturated heterocycles. The monoisotopic (exact) mass is 609 g/mol. The number of carbonyl (C=O) groups is 2. The summed E-state index contributed by atoms with van der Waals surface area (Å²) in [6, 6.07) is 5.96. The molecule has 3 atom stereocenters. The van der Waals surface area contributed by atoms with Crippen molar-refractivity contribution in [2.45, 2.75) is 45.4 Å². The second kappa shape index (κ2) is 13.4. The number of hydrogen-bond acceptors (Lipinski definition) is 13. The van der Waals surface area contributed by atoms with Gasteiger partial charge in [-0.05, 0) is 31.4 Å². The highest BCUT2D eigenvalue weighted by Gasteiger charge is 2.36. The fourth-order valence-electron chi connectivity index (χ4n) is 4.54. The number of hydrogen-bond donors (Lipinski definition) is 4. The summed E-state index contributed by atoms with van der Waals surface area (Å²) in [5.41, 5.74) is 7.72. The number of rotatable bonds is 9. The number of ether oxygens (including phenoxy) is 2. The standard InChI is InChI=1S/C27H32ClN11O4/c1-5-32-23-24-33-12-16(11-30)39(24)37-26(36-23)34-18-8-15(10-29)9-19(21(18)28)38-7-6-17(35-27(41)42-4)20(13-38)43-25(40)22(31)14(2)3/h8-9,12,14,17,20,22H,5-7,13,31H2,1-4H3,(H,35,41)(H2,32,34,36,37)/t17-,20-,22?/m1/s1. The van der Waals surface area contributed by atoms with Crippen molar-refractivity contribution in [3.63, 3.8) is 0 Å². The number of aromatic nitrogens is 4. The molecule has 4 rings (SSSR count). The number of nitrogens with zero attached hydrogens (tertiary/aromatic N) is 7. The number of amides is 1. The number of nitriles is 2. The number of nitrogens with one attached hydrogen (secondary N) is 3. The predicted molar refractivity (Wildman–Crippen MR) is 158 cm³/mol. The lowest BCUT2D eigenvalue weighted by atomic mass is 9.99. The van der Waals surface area contributed by atoms with Gasteiger partial charge in [0.05, 0.1) is 53.9 Å². The minimum absolute atomic E-state index is 0.108. The Morgan fingerprint density at radius 1 is 1.28 bits per heavy atom. The molecule has 0 saturated carbocycles. The first-order chi connectivity index (χ1) is 20.6. The van der Waals surface area contributed by atoms with Gasteiger partial charge in [-0.15, -0.1) is 5.10 Å². The zero-order valence-electron chi connectivity index (χ0n) is 24.1. The van der Waals surface area contributed by atoms with Gasteiger partial charge in [0.2, 0.25) is 5.95 Å². The van der Waals surface area contributed by atoms with Gasteiger partial charge >= 0.3 is 12.1 Å². The molecule has 3 aromatic rings. The van der Waals surface area contributed by atoms with E-state index in [2.05, 4.69) is 37.1 Å². The number of piperidine rings is 1. The van der Waals surface area contributed by atoms with Crippen LogP contribution < -0.4 is 26.6 Å². The number of imidazole rings is 1. The van der Waals surface area contributed by atoms with Crippen molar-refractivity contribution in [1.82, 2.24) is 24.9 Å². The maximum atomic E-state index is 12.8. The number of fused-ring (bicyclic) bond motifs is 1. The van der Waals surface area contributed by atoms with Crippen molar-refractivity contribution in [3.8, 4) is 12.1 Å². The molecule has 0 radical (unpaired) electrons.